The van der Waals surface area contributed by atoms with Crippen LogP contribution in [0.15, 0.2) is 0 Å². The quantitative estimate of drug-likeness (QED) is 0.533. The minimum absolute atomic E-state index is 0. The van der Waals surface area contributed by atoms with Crippen LogP contribution in [-0.4, -0.2) is 0 Å². The molecule has 0 amide bonds. The van der Waals surface area contributed by atoms with Gasteiger partial charge in [-0.25, -0.2) is 0 Å². The summed E-state index contributed by atoms with van der Waals surface area (Å²) in [6.45, 7) is 0. The van der Waals surface area contributed by atoms with Crippen LogP contribution in [0.4, 0.5) is 0 Å². The summed E-state index contributed by atoms with van der Waals surface area (Å²) in [5.74, 6) is 0. The van der Waals surface area contributed by atoms with E-state index in [1.165, 1.54) is 0 Å². The standard InChI is InChI=1S/2CH3.2W/h2*1H3;;/q2*-1;;+2. The van der Waals surface area contributed by atoms with Gasteiger partial charge in [0.15, 0.2) is 0 Å². The molecule has 0 nitrogen and oxygen atoms in total. The maximum absolute atomic E-state index is 0. The monoisotopic (exact) mass is 398 g/mol. The van der Waals surface area contributed by atoms with Crippen molar-refractivity contribution < 1.29 is 42.1 Å². The molecular formula is C2H6W2. The summed E-state index contributed by atoms with van der Waals surface area (Å²) in [6.07, 6.45) is 0. The van der Waals surface area contributed by atoms with Gasteiger partial charge in [-0.2, -0.15) is 0 Å². The van der Waals surface area contributed by atoms with E-state index < -0.39 is 0 Å². The molecule has 0 saturated carbocycles. The predicted molar refractivity (Wildman–Crippen MR) is 12.8 cm³/mol. The Morgan fingerprint density at radius 1 is 0.750 bits per heavy atom. The van der Waals surface area contributed by atoms with E-state index in [4.69, 9.17) is 0 Å². The van der Waals surface area contributed by atoms with Crippen LogP contribution in [0.5, 0.6) is 0 Å². The van der Waals surface area contributed by atoms with Crippen molar-refractivity contribution in [2.75, 3.05) is 0 Å². The average molecular weight is 398 g/mol. The third-order valence-electron chi connectivity index (χ3n) is 0. The fourth-order valence-electron chi connectivity index (χ4n) is 0. The molecule has 0 aromatic rings. The SMILES string of the molecule is [CH3-].[CH3-].[W+2].[W]. The van der Waals surface area contributed by atoms with Crippen molar-refractivity contribution in [3.63, 3.8) is 0 Å². The van der Waals surface area contributed by atoms with Crippen molar-refractivity contribution in [1.29, 1.82) is 0 Å². The Balaban J connectivity index is 0. The van der Waals surface area contributed by atoms with Gasteiger partial charge in [-0.05, 0) is 0 Å². The third-order valence-corrected chi connectivity index (χ3v) is 0. The topological polar surface area (TPSA) is 0 Å². The molecule has 0 N–H and O–H groups in total. The fraction of sp³-hybridized carbons (Fsp3) is 0. The van der Waals surface area contributed by atoms with Crippen LogP contribution in [0.2, 0.25) is 0 Å². The Kier molecular flexibility index (Phi) is 358. The first kappa shape index (κ1) is 54.3. The third kappa shape index (κ3) is 10.1. The fourth-order valence-corrected chi connectivity index (χ4v) is 0. The van der Waals surface area contributed by atoms with Crippen LogP contribution in [0, 0.1) is 14.9 Å². The number of hydrogen-bond donors (Lipinski definition) is 0. The molecule has 0 aliphatic heterocycles. The Morgan fingerprint density at radius 3 is 0.750 bits per heavy atom. The molecule has 0 unspecified atom stereocenters. The van der Waals surface area contributed by atoms with Crippen molar-refractivity contribution in [1.82, 2.24) is 0 Å². The summed E-state index contributed by atoms with van der Waals surface area (Å²) < 4.78 is 0. The summed E-state index contributed by atoms with van der Waals surface area (Å²) in [6, 6.07) is 0. The Morgan fingerprint density at radius 2 is 0.750 bits per heavy atom. The Labute approximate surface area is 56.9 Å². The zero-order valence-electron chi connectivity index (χ0n) is 2.82. The maximum atomic E-state index is 0. The first-order valence-electron chi connectivity index (χ1n) is 0. The van der Waals surface area contributed by atoms with Crippen molar-refractivity contribution in [2.45, 2.75) is 0 Å². The molecular weight excluding hydrogens is 392 g/mol. The Hall–Kier alpha value is 1.38. The van der Waals surface area contributed by atoms with Gasteiger partial charge in [0.1, 0.15) is 0 Å². The molecule has 0 heterocycles. The largest absolute Gasteiger partial charge is 2.00 e. The smallest absolute Gasteiger partial charge is 0.358 e. The molecule has 0 aliphatic rings. The van der Waals surface area contributed by atoms with E-state index in [0.29, 0.717) is 0 Å². The molecule has 0 aliphatic carbocycles. The molecule has 0 atom stereocenters. The van der Waals surface area contributed by atoms with E-state index in [9.17, 15) is 0 Å². The molecule has 0 aromatic carbocycles. The van der Waals surface area contributed by atoms with Gasteiger partial charge < -0.3 is 14.9 Å². The molecule has 0 rings (SSSR count). The van der Waals surface area contributed by atoms with Crippen molar-refractivity contribution >= 4 is 0 Å². The van der Waals surface area contributed by atoms with E-state index in [2.05, 4.69) is 0 Å². The second-order valence-corrected chi connectivity index (χ2v) is 0. The Bertz CT molecular complexity index is 4.00. The summed E-state index contributed by atoms with van der Waals surface area (Å²) >= 11 is 0. The van der Waals surface area contributed by atoms with Crippen LogP contribution in [0.25, 0.3) is 0 Å². The van der Waals surface area contributed by atoms with Gasteiger partial charge in [-0.1, -0.05) is 0 Å². The van der Waals surface area contributed by atoms with E-state index in [-0.39, 0.29) is 57.0 Å². The van der Waals surface area contributed by atoms with Gasteiger partial charge in [-0.3, -0.25) is 0 Å². The first-order valence-corrected chi connectivity index (χ1v) is 0. The number of hydrogen-bond acceptors (Lipinski definition) is 0. The van der Waals surface area contributed by atoms with Crippen LogP contribution < -0.4 is 0 Å². The summed E-state index contributed by atoms with van der Waals surface area (Å²) in [5, 5.41) is 0. The van der Waals surface area contributed by atoms with E-state index in [0.717, 1.165) is 0 Å². The second kappa shape index (κ2) is 26.3. The molecule has 0 radical (unpaired) electrons. The molecule has 0 fully saturated rings. The normalized spacial score (nSPS) is 0. The molecule has 4 heavy (non-hydrogen) atoms. The molecule has 0 spiro atoms. The van der Waals surface area contributed by atoms with Gasteiger partial charge >= 0.3 is 21.1 Å². The van der Waals surface area contributed by atoms with Gasteiger partial charge in [0.25, 0.3) is 0 Å². The number of rotatable bonds is 0. The van der Waals surface area contributed by atoms with Crippen LogP contribution in [0.1, 0.15) is 0 Å². The zero-order valence-corrected chi connectivity index (χ0v) is 8.68. The minimum Gasteiger partial charge on any atom is -0.358 e. The van der Waals surface area contributed by atoms with E-state index >= 15 is 0 Å². The molecule has 0 saturated heterocycles. The predicted octanol–water partition coefficient (Wildman–Crippen LogP) is 0.896. The van der Waals surface area contributed by atoms with Gasteiger partial charge in [0.2, 0.25) is 0 Å². The zero-order chi connectivity index (χ0) is 0. The van der Waals surface area contributed by atoms with E-state index in [1.54, 1.807) is 0 Å². The van der Waals surface area contributed by atoms with Crippen molar-refractivity contribution in [3.8, 4) is 0 Å². The molecule has 0 bridgehead atoms. The van der Waals surface area contributed by atoms with Gasteiger partial charge in [0, 0.05) is 21.1 Å². The maximum Gasteiger partial charge on any atom is 2.00 e. The van der Waals surface area contributed by atoms with Crippen molar-refractivity contribution in [3.05, 3.63) is 14.9 Å². The van der Waals surface area contributed by atoms with Crippen molar-refractivity contribution in [2.24, 2.45) is 0 Å². The van der Waals surface area contributed by atoms with Crippen LogP contribution in [-0.2, 0) is 42.1 Å². The first-order chi connectivity index (χ1) is 0. The van der Waals surface area contributed by atoms with E-state index in [1.807, 2.05) is 0 Å². The molecule has 26 valence electrons. The second-order valence-electron chi connectivity index (χ2n) is 0. The van der Waals surface area contributed by atoms with Gasteiger partial charge in [0.05, 0.1) is 0 Å². The summed E-state index contributed by atoms with van der Waals surface area (Å²) in [4.78, 5) is 0. The minimum atomic E-state index is 0. The summed E-state index contributed by atoms with van der Waals surface area (Å²) in [5.41, 5.74) is 0. The van der Waals surface area contributed by atoms with Crippen LogP contribution >= 0.6 is 0 Å². The molecule has 2 heteroatoms. The van der Waals surface area contributed by atoms with Crippen LogP contribution in [0.3, 0.4) is 0 Å². The summed E-state index contributed by atoms with van der Waals surface area (Å²) in [7, 11) is 0. The average Bonchev–Trinajstić information content (AvgIpc) is 0. The molecule has 0 aromatic heterocycles. The van der Waals surface area contributed by atoms with Gasteiger partial charge in [-0.15, -0.1) is 0 Å².